The number of ether oxygens (including phenoxy) is 1. The molecule has 0 aliphatic heterocycles. The maximum absolute atomic E-state index is 10.8. The fourth-order valence-corrected chi connectivity index (χ4v) is 0.654. The van der Waals surface area contributed by atoms with Gasteiger partial charge in [0.2, 0.25) is 0 Å². The van der Waals surface area contributed by atoms with Crippen LogP contribution in [-0.2, 0) is 9.53 Å². The highest BCUT2D eigenvalue weighted by atomic mass is 35.5. The Morgan fingerprint density at radius 3 is 2.36 bits per heavy atom. The molecule has 0 bridgehead atoms. The monoisotopic (exact) mass is 218 g/mol. The van der Waals surface area contributed by atoms with Gasteiger partial charge in [0, 0.05) is 0 Å². The lowest BCUT2D eigenvalue weighted by Gasteiger charge is -2.08. The molecule has 2 nitrogen and oxygen atoms in total. The molecule has 0 radical (unpaired) electrons. The van der Waals surface area contributed by atoms with E-state index in [1.807, 2.05) is 6.92 Å². The second-order valence-corrected chi connectivity index (χ2v) is 3.54. The molecule has 1 unspecified atom stereocenters. The van der Waals surface area contributed by atoms with E-state index in [0.29, 0.717) is 6.61 Å². The van der Waals surface area contributed by atoms with Crippen LogP contribution in [0.2, 0.25) is 0 Å². The maximum atomic E-state index is 10.8. The Morgan fingerprint density at radius 2 is 2.00 bits per heavy atom. The Labute approximate surface area is 80.7 Å². The second kappa shape index (κ2) is 5.92. The van der Waals surface area contributed by atoms with Gasteiger partial charge in [0.05, 0.1) is 6.61 Å². The number of hydrogen-bond donors (Lipinski definition) is 0. The Morgan fingerprint density at radius 1 is 1.45 bits per heavy atom. The van der Waals surface area contributed by atoms with Crippen molar-refractivity contribution in [3.05, 3.63) is 0 Å². The minimum atomic E-state index is -0.968. The molecule has 0 saturated carbocycles. The van der Waals surface area contributed by atoms with Gasteiger partial charge in [-0.3, -0.25) is 4.79 Å². The molecule has 66 valence electrons. The van der Waals surface area contributed by atoms with Crippen LogP contribution in [0.15, 0.2) is 0 Å². The molecule has 0 fully saturated rings. The average molecular weight is 219 g/mol. The molecule has 0 aliphatic rings. The molecular weight excluding hydrogens is 210 g/mol. The van der Waals surface area contributed by atoms with Crippen LogP contribution in [0.3, 0.4) is 0 Å². The fourth-order valence-electron chi connectivity index (χ4n) is 0.385. The normalized spacial score (nSPS) is 13.2. The van der Waals surface area contributed by atoms with Gasteiger partial charge in [-0.1, -0.05) is 6.92 Å². The Bertz CT molecular complexity index is 127. The number of esters is 1. The lowest BCUT2D eigenvalue weighted by molar-refractivity contribution is -0.142. The third-order valence-corrected chi connectivity index (χ3v) is 2.09. The first-order valence-corrected chi connectivity index (χ1v) is 4.49. The van der Waals surface area contributed by atoms with Crippen LogP contribution in [0.1, 0.15) is 13.3 Å². The molecule has 0 spiro atoms. The van der Waals surface area contributed by atoms with Gasteiger partial charge in [0.1, 0.15) is 4.84 Å². The topological polar surface area (TPSA) is 26.3 Å². The minimum Gasteiger partial charge on any atom is -0.465 e. The lowest BCUT2D eigenvalue weighted by Crippen LogP contribution is -2.23. The highest BCUT2D eigenvalue weighted by molar-refractivity contribution is 6.51. The van der Waals surface area contributed by atoms with Crippen LogP contribution < -0.4 is 0 Å². The Hall–Kier alpha value is 0.340. The first-order valence-electron chi connectivity index (χ1n) is 3.18. The summed E-state index contributed by atoms with van der Waals surface area (Å²) in [7, 11) is 0. The van der Waals surface area contributed by atoms with Gasteiger partial charge < -0.3 is 4.74 Å². The number of carbonyl (C=O) groups is 1. The predicted molar refractivity (Wildman–Crippen MR) is 46.4 cm³/mol. The molecule has 5 heteroatoms. The van der Waals surface area contributed by atoms with Crippen molar-refractivity contribution in [2.75, 3.05) is 6.61 Å². The van der Waals surface area contributed by atoms with Crippen molar-refractivity contribution in [2.45, 2.75) is 23.6 Å². The summed E-state index contributed by atoms with van der Waals surface area (Å²) in [5, 5.41) is -0.968. The second-order valence-electron chi connectivity index (χ2n) is 1.90. The van der Waals surface area contributed by atoms with Crippen molar-refractivity contribution in [1.82, 2.24) is 0 Å². The van der Waals surface area contributed by atoms with Crippen LogP contribution in [0.4, 0.5) is 0 Å². The van der Waals surface area contributed by atoms with Gasteiger partial charge in [-0.15, -0.1) is 34.8 Å². The van der Waals surface area contributed by atoms with Crippen molar-refractivity contribution in [3.8, 4) is 0 Å². The molecule has 0 aromatic carbocycles. The SMILES string of the molecule is CCCOC(=O)C(Cl)C(Cl)Cl. The number of hydrogen-bond acceptors (Lipinski definition) is 2. The van der Waals surface area contributed by atoms with Gasteiger partial charge in [0.25, 0.3) is 0 Å². The minimum absolute atomic E-state index is 0.350. The molecule has 0 N–H and O–H groups in total. The van der Waals surface area contributed by atoms with E-state index < -0.39 is 16.2 Å². The van der Waals surface area contributed by atoms with E-state index in [2.05, 4.69) is 4.74 Å². The molecule has 0 rings (SSSR count). The molecule has 0 aliphatic carbocycles. The lowest BCUT2D eigenvalue weighted by atomic mass is 10.5. The van der Waals surface area contributed by atoms with Crippen molar-refractivity contribution < 1.29 is 9.53 Å². The number of rotatable bonds is 4. The molecule has 0 saturated heterocycles. The Kier molecular flexibility index (Phi) is 6.11. The molecule has 0 aromatic rings. The van der Waals surface area contributed by atoms with Crippen molar-refractivity contribution in [2.24, 2.45) is 0 Å². The highest BCUT2D eigenvalue weighted by Crippen LogP contribution is 2.15. The largest absolute Gasteiger partial charge is 0.465 e. The summed E-state index contributed by atoms with van der Waals surface area (Å²) in [6.07, 6.45) is 0.755. The zero-order valence-corrected chi connectivity index (χ0v) is 8.29. The van der Waals surface area contributed by atoms with Crippen LogP contribution in [0.25, 0.3) is 0 Å². The summed E-state index contributed by atoms with van der Waals surface area (Å²) >= 11 is 16.1. The molecule has 0 aromatic heterocycles. The zero-order valence-electron chi connectivity index (χ0n) is 6.02. The van der Waals surface area contributed by atoms with Crippen LogP contribution >= 0.6 is 34.8 Å². The average Bonchev–Trinajstić information content (AvgIpc) is 1.98. The highest BCUT2D eigenvalue weighted by Gasteiger charge is 2.23. The van der Waals surface area contributed by atoms with Gasteiger partial charge in [-0.2, -0.15) is 0 Å². The Balaban J connectivity index is 3.64. The van der Waals surface area contributed by atoms with Gasteiger partial charge in [0.15, 0.2) is 5.38 Å². The van der Waals surface area contributed by atoms with E-state index in [1.165, 1.54) is 0 Å². The van der Waals surface area contributed by atoms with E-state index in [-0.39, 0.29) is 0 Å². The van der Waals surface area contributed by atoms with Gasteiger partial charge >= 0.3 is 5.97 Å². The summed E-state index contributed by atoms with van der Waals surface area (Å²) in [5.74, 6) is -0.566. The number of alkyl halides is 3. The quantitative estimate of drug-likeness (QED) is 0.536. The molecular formula is C6H9Cl3O2. The van der Waals surface area contributed by atoms with Crippen LogP contribution in [0, 0.1) is 0 Å². The third-order valence-electron chi connectivity index (χ3n) is 0.895. The van der Waals surface area contributed by atoms with Crippen molar-refractivity contribution in [3.63, 3.8) is 0 Å². The summed E-state index contributed by atoms with van der Waals surface area (Å²) in [4.78, 5) is 9.90. The predicted octanol–water partition coefficient (Wildman–Crippen LogP) is 2.35. The van der Waals surface area contributed by atoms with Crippen LogP contribution in [0.5, 0.6) is 0 Å². The summed E-state index contributed by atoms with van der Waals surface area (Å²) in [5.41, 5.74) is 0. The van der Waals surface area contributed by atoms with E-state index in [0.717, 1.165) is 6.42 Å². The molecule has 0 heterocycles. The standard InChI is InChI=1S/C6H9Cl3O2/c1-2-3-11-6(10)4(7)5(8)9/h4-5H,2-3H2,1H3. The first-order chi connectivity index (χ1) is 5.09. The van der Waals surface area contributed by atoms with E-state index >= 15 is 0 Å². The smallest absolute Gasteiger partial charge is 0.326 e. The van der Waals surface area contributed by atoms with E-state index in [4.69, 9.17) is 34.8 Å². The summed E-state index contributed by atoms with van der Waals surface area (Å²) in [6, 6.07) is 0. The summed E-state index contributed by atoms with van der Waals surface area (Å²) in [6.45, 7) is 2.23. The first kappa shape index (κ1) is 11.3. The van der Waals surface area contributed by atoms with Gasteiger partial charge in [-0.25, -0.2) is 0 Å². The van der Waals surface area contributed by atoms with E-state index in [1.54, 1.807) is 0 Å². The molecule has 0 amide bonds. The zero-order chi connectivity index (χ0) is 8.85. The van der Waals surface area contributed by atoms with Gasteiger partial charge in [-0.05, 0) is 6.42 Å². The number of halogens is 3. The third kappa shape index (κ3) is 4.72. The van der Waals surface area contributed by atoms with Crippen molar-refractivity contribution >= 4 is 40.8 Å². The summed E-state index contributed by atoms with van der Waals surface area (Å²) < 4.78 is 4.67. The molecule has 1 atom stereocenters. The van der Waals surface area contributed by atoms with Crippen molar-refractivity contribution in [1.29, 1.82) is 0 Å². The maximum Gasteiger partial charge on any atom is 0.326 e. The van der Waals surface area contributed by atoms with E-state index in [9.17, 15) is 4.79 Å². The molecule has 11 heavy (non-hydrogen) atoms. The number of carbonyl (C=O) groups excluding carboxylic acids is 1. The fraction of sp³-hybridized carbons (Fsp3) is 0.833. The van der Waals surface area contributed by atoms with Crippen LogP contribution in [-0.4, -0.2) is 22.8 Å².